The number of benzene rings is 3. The first-order valence-electron chi connectivity index (χ1n) is 10.4. The molecule has 0 bridgehead atoms. The van der Waals surface area contributed by atoms with E-state index in [-0.39, 0.29) is 11.7 Å². The topological polar surface area (TPSA) is 59.4 Å². The van der Waals surface area contributed by atoms with Gasteiger partial charge in [-0.05, 0) is 43.2 Å². The molecular formula is C27H21NO3S. The Morgan fingerprint density at radius 1 is 1.03 bits per heavy atom. The maximum absolute atomic E-state index is 12.3. The van der Waals surface area contributed by atoms with Crippen molar-refractivity contribution in [2.24, 2.45) is 0 Å². The zero-order valence-corrected chi connectivity index (χ0v) is 18.5. The van der Waals surface area contributed by atoms with Gasteiger partial charge < -0.3 is 9.84 Å². The van der Waals surface area contributed by atoms with Gasteiger partial charge in [0.2, 0.25) is 0 Å². The Bertz CT molecular complexity index is 1460. The lowest BCUT2D eigenvalue weighted by Crippen LogP contribution is -2.07. The molecule has 0 fully saturated rings. The Morgan fingerprint density at radius 2 is 1.78 bits per heavy atom. The Morgan fingerprint density at radius 3 is 2.56 bits per heavy atom. The monoisotopic (exact) mass is 439 g/mol. The number of aryl methyl sites for hydroxylation is 1. The molecule has 2 heterocycles. The Kier molecular flexibility index (Phi) is 5.11. The molecule has 0 saturated carbocycles. The van der Waals surface area contributed by atoms with Crippen molar-refractivity contribution >= 4 is 38.3 Å². The first-order chi connectivity index (χ1) is 15.5. The smallest absolute Gasteiger partial charge is 0.336 e. The predicted octanol–water partition coefficient (Wildman–Crippen LogP) is 7.26. The van der Waals surface area contributed by atoms with Crippen LogP contribution < -0.4 is 4.74 Å². The number of nitrogens with zero attached hydrogens (tertiary/aromatic N) is 1. The molecular weight excluding hydrogens is 418 g/mol. The number of carboxylic acids is 1. The summed E-state index contributed by atoms with van der Waals surface area (Å²) in [5.41, 5.74) is 4.37. The maximum Gasteiger partial charge on any atom is 0.336 e. The first-order valence-corrected chi connectivity index (χ1v) is 11.3. The molecule has 0 radical (unpaired) electrons. The highest BCUT2D eigenvalue weighted by molar-refractivity contribution is 7.17. The summed E-state index contributed by atoms with van der Waals surface area (Å²) in [5, 5.41) is 13.7. The summed E-state index contributed by atoms with van der Waals surface area (Å²) in [6.07, 6.45) is -0.232. The highest BCUT2D eigenvalue weighted by Crippen LogP contribution is 2.38. The van der Waals surface area contributed by atoms with Gasteiger partial charge in [0.05, 0.1) is 22.2 Å². The molecule has 1 atom stereocenters. The summed E-state index contributed by atoms with van der Waals surface area (Å²) in [4.78, 5) is 17.3. The van der Waals surface area contributed by atoms with Gasteiger partial charge in [-0.2, -0.15) is 0 Å². The van der Waals surface area contributed by atoms with Gasteiger partial charge in [-0.1, -0.05) is 54.6 Å². The number of rotatable bonds is 5. The largest absolute Gasteiger partial charge is 0.485 e. The number of hydrogen-bond acceptors (Lipinski definition) is 4. The number of carboxylic acid groups (broad SMARTS) is 1. The fourth-order valence-electron chi connectivity index (χ4n) is 4.01. The van der Waals surface area contributed by atoms with Crippen LogP contribution in [0.5, 0.6) is 5.75 Å². The third kappa shape index (κ3) is 3.51. The van der Waals surface area contributed by atoms with Crippen LogP contribution in [0, 0.1) is 6.92 Å². The van der Waals surface area contributed by atoms with Crippen molar-refractivity contribution in [3.8, 4) is 17.0 Å². The van der Waals surface area contributed by atoms with E-state index in [9.17, 15) is 9.90 Å². The second-order valence-corrected chi connectivity index (χ2v) is 8.69. The first kappa shape index (κ1) is 20.2. The van der Waals surface area contributed by atoms with E-state index in [0.717, 1.165) is 26.8 Å². The van der Waals surface area contributed by atoms with Crippen LogP contribution in [0.25, 0.3) is 32.2 Å². The third-order valence-electron chi connectivity index (χ3n) is 5.68. The van der Waals surface area contributed by atoms with Crippen molar-refractivity contribution in [3.05, 3.63) is 94.9 Å². The summed E-state index contributed by atoms with van der Waals surface area (Å²) in [5.74, 6) is -0.477. The number of hydrogen-bond donors (Lipinski definition) is 1. The minimum atomic E-state index is -0.999. The number of ether oxygens (including phenoxy) is 1. The Labute approximate surface area is 189 Å². The van der Waals surface area contributed by atoms with Crippen LogP contribution in [-0.4, -0.2) is 16.1 Å². The highest BCUT2D eigenvalue weighted by Gasteiger charge is 2.21. The zero-order valence-electron chi connectivity index (χ0n) is 17.7. The quantitative estimate of drug-likeness (QED) is 0.313. The van der Waals surface area contributed by atoms with Crippen LogP contribution in [0.1, 0.15) is 34.5 Å². The van der Waals surface area contributed by atoms with Crippen LogP contribution in [0.4, 0.5) is 0 Å². The van der Waals surface area contributed by atoms with Crippen molar-refractivity contribution in [3.63, 3.8) is 0 Å². The van der Waals surface area contributed by atoms with Gasteiger partial charge in [-0.25, -0.2) is 9.78 Å². The Hall–Kier alpha value is -3.70. The lowest BCUT2D eigenvalue weighted by atomic mass is 10.0. The molecule has 3 aromatic carbocycles. The highest BCUT2D eigenvalue weighted by atomic mass is 32.1. The average molecular weight is 440 g/mol. The van der Waals surface area contributed by atoms with Gasteiger partial charge in [0.25, 0.3) is 0 Å². The summed E-state index contributed by atoms with van der Waals surface area (Å²) in [7, 11) is 0. The molecule has 1 N–H and O–H groups in total. The lowest BCUT2D eigenvalue weighted by molar-refractivity contribution is 0.0698. The number of thiophene rings is 1. The molecule has 1 unspecified atom stereocenters. The lowest BCUT2D eigenvalue weighted by Gasteiger charge is -2.18. The third-order valence-corrected chi connectivity index (χ3v) is 6.65. The second-order valence-electron chi connectivity index (χ2n) is 7.78. The van der Waals surface area contributed by atoms with E-state index < -0.39 is 5.97 Å². The van der Waals surface area contributed by atoms with Crippen LogP contribution in [0.2, 0.25) is 0 Å². The minimum absolute atomic E-state index is 0.194. The molecule has 0 amide bonds. The van der Waals surface area contributed by atoms with E-state index in [4.69, 9.17) is 9.72 Å². The number of aromatic nitrogens is 1. The number of pyridine rings is 1. The molecule has 0 aliphatic carbocycles. The fraction of sp³-hybridized carbons (Fsp3) is 0.111. The second kappa shape index (κ2) is 8.09. The van der Waals surface area contributed by atoms with E-state index in [1.54, 1.807) is 17.4 Å². The summed E-state index contributed by atoms with van der Waals surface area (Å²) in [6, 6.07) is 23.4. The van der Waals surface area contributed by atoms with Crippen LogP contribution >= 0.6 is 11.3 Å². The molecule has 5 heteroatoms. The molecule has 4 nitrogen and oxygen atoms in total. The molecule has 2 aromatic heterocycles. The van der Waals surface area contributed by atoms with Crippen LogP contribution in [-0.2, 0) is 0 Å². The SMILES string of the molecule is Cc1ccc(OC(C)c2ccccc2)c2c(C(=O)O)cc(-c3csc4ccccc34)nc12. The number of fused-ring (bicyclic) bond motifs is 2. The van der Waals surface area contributed by atoms with Crippen molar-refractivity contribution < 1.29 is 14.6 Å². The van der Waals surface area contributed by atoms with Gasteiger partial charge in [0.1, 0.15) is 11.9 Å². The molecule has 5 rings (SSSR count). The maximum atomic E-state index is 12.3. The van der Waals surface area contributed by atoms with Crippen LogP contribution in [0.15, 0.2) is 78.2 Å². The number of aromatic carboxylic acids is 1. The molecule has 5 aromatic rings. The van der Waals surface area contributed by atoms with E-state index in [2.05, 4.69) is 6.07 Å². The Balaban J connectivity index is 1.70. The van der Waals surface area contributed by atoms with Crippen molar-refractivity contribution in [2.75, 3.05) is 0 Å². The fourth-order valence-corrected chi connectivity index (χ4v) is 4.96. The molecule has 0 saturated heterocycles. The zero-order chi connectivity index (χ0) is 22.2. The number of carbonyl (C=O) groups is 1. The summed E-state index contributed by atoms with van der Waals surface area (Å²) >= 11 is 1.63. The van der Waals surface area contributed by atoms with Gasteiger partial charge in [-0.15, -0.1) is 11.3 Å². The molecule has 0 aliphatic rings. The average Bonchev–Trinajstić information content (AvgIpc) is 3.25. The van der Waals surface area contributed by atoms with E-state index in [1.165, 1.54) is 0 Å². The normalized spacial score (nSPS) is 12.2. The van der Waals surface area contributed by atoms with E-state index >= 15 is 0 Å². The summed E-state index contributed by atoms with van der Waals surface area (Å²) in [6.45, 7) is 3.90. The standard InChI is InChI=1S/C27H21NO3S/c1-16-12-13-23(31-17(2)18-8-4-3-5-9-18)25-20(27(29)30)14-22(28-26(16)25)21-15-32-24-11-7-6-10-19(21)24/h3-15,17H,1-2H3,(H,29,30). The van der Waals surface area contributed by atoms with Gasteiger partial charge in [0, 0.05) is 21.0 Å². The van der Waals surface area contributed by atoms with Crippen molar-refractivity contribution in [1.82, 2.24) is 4.98 Å². The van der Waals surface area contributed by atoms with E-state index in [1.807, 2.05) is 79.9 Å². The van der Waals surface area contributed by atoms with Crippen molar-refractivity contribution in [1.29, 1.82) is 0 Å². The van der Waals surface area contributed by atoms with Gasteiger partial charge in [-0.3, -0.25) is 0 Å². The molecule has 0 aliphatic heterocycles. The van der Waals surface area contributed by atoms with Gasteiger partial charge in [0.15, 0.2) is 0 Å². The molecule has 0 spiro atoms. The minimum Gasteiger partial charge on any atom is -0.485 e. The summed E-state index contributed by atoms with van der Waals surface area (Å²) < 4.78 is 7.40. The van der Waals surface area contributed by atoms with Gasteiger partial charge >= 0.3 is 5.97 Å². The van der Waals surface area contributed by atoms with E-state index in [0.29, 0.717) is 22.3 Å². The van der Waals surface area contributed by atoms with Crippen LogP contribution in [0.3, 0.4) is 0 Å². The molecule has 32 heavy (non-hydrogen) atoms. The van der Waals surface area contributed by atoms with Crippen molar-refractivity contribution in [2.45, 2.75) is 20.0 Å². The predicted molar refractivity (Wildman–Crippen MR) is 130 cm³/mol. The molecule has 158 valence electrons.